The van der Waals surface area contributed by atoms with Crippen LogP contribution in [0.1, 0.15) is 32.6 Å². The molecule has 1 unspecified atom stereocenters. The predicted octanol–water partition coefficient (Wildman–Crippen LogP) is 1.08. The minimum atomic E-state index is 0.327. The van der Waals surface area contributed by atoms with Crippen molar-refractivity contribution in [3.63, 3.8) is 0 Å². The van der Waals surface area contributed by atoms with Gasteiger partial charge in [0.15, 0.2) is 0 Å². The summed E-state index contributed by atoms with van der Waals surface area (Å²) in [5.41, 5.74) is 0. The van der Waals surface area contributed by atoms with Gasteiger partial charge in [0.2, 0.25) is 0 Å². The zero-order valence-corrected chi connectivity index (χ0v) is 10.2. The van der Waals surface area contributed by atoms with Crippen molar-refractivity contribution in [1.82, 2.24) is 10.2 Å². The summed E-state index contributed by atoms with van der Waals surface area (Å²) in [7, 11) is 2.18. The Morgan fingerprint density at radius 1 is 1.40 bits per heavy atom. The number of nitrogens with zero attached hydrogens (tertiary/aromatic N) is 1. The van der Waals surface area contributed by atoms with Gasteiger partial charge in [-0.15, -0.1) is 0 Å². The van der Waals surface area contributed by atoms with Crippen LogP contribution in [-0.2, 0) is 0 Å². The van der Waals surface area contributed by atoms with Crippen LogP contribution in [0.2, 0.25) is 0 Å². The first kappa shape index (κ1) is 12.9. The molecule has 0 aromatic heterocycles. The maximum Gasteiger partial charge on any atom is 0.0471 e. The molecule has 1 aliphatic heterocycles. The van der Waals surface area contributed by atoms with E-state index < -0.39 is 0 Å². The van der Waals surface area contributed by atoms with Gasteiger partial charge >= 0.3 is 0 Å². The van der Waals surface area contributed by atoms with Gasteiger partial charge in [-0.3, -0.25) is 0 Å². The van der Waals surface area contributed by atoms with E-state index in [4.69, 9.17) is 0 Å². The molecule has 1 rings (SSSR count). The average Bonchev–Trinajstić information content (AvgIpc) is 2.26. The smallest absolute Gasteiger partial charge is 0.0471 e. The van der Waals surface area contributed by atoms with Gasteiger partial charge in [-0.1, -0.05) is 13.3 Å². The Labute approximate surface area is 93.9 Å². The topological polar surface area (TPSA) is 35.5 Å². The van der Waals surface area contributed by atoms with Gasteiger partial charge in [0, 0.05) is 19.2 Å². The molecule has 0 saturated carbocycles. The predicted molar refractivity (Wildman–Crippen MR) is 64.0 cm³/mol. The second-order valence-corrected chi connectivity index (χ2v) is 4.82. The third kappa shape index (κ3) is 4.96. The lowest BCUT2D eigenvalue weighted by atomic mass is 10.0. The lowest BCUT2D eigenvalue weighted by molar-refractivity contribution is 0.193. The van der Waals surface area contributed by atoms with Crippen LogP contribution >= 0.6 is 0 Å². The molecule has 1 fully saturated rings. The Morgan fingerprint density at radius 3 is 2.60 bits per heavy atom. The number of hydrogen-bond donors (Lipinski definition) is 2. The number of nitrogens with one attached hydrogen (secondary N) is 1. The maximum absolute atomic E-state index is 9.18. The van der Waals surface area contributed by atoms with Crippen LogP contribution in [0.3, 0.4) is 0 Å². The van der Waals surface area contributed by atoms with Crippen molar-refractivity contribution in [2.75, 3.05) is 33.3 Å². The highest BCUT2D eigenvalue weighted by Crippen LogP contribution is 2.10. The van der Waals surface area contributed by atoms with Crippen LogP contribution < -0.4 is 5.32 Å². The number of piperidine rings is 1. The fourth-order valence-corrected chi connectivity index (χ4v) is 2.21. The molecule has 0 aliphatic carbocycles. The van der Waals surface area contributed by atoms with Crippen LogP contribution in [0.4, 0.5) is 0 Å². The van der Waals surface area contributed by atoms with Crippen LogP contribution in [0.25, 0.3) is 0 Å². The van der Waals surface area contributed by atoms with Crippen molar-refractivity contribution in [1.29, 1.82) is 0 Å². The van der Waals surface area contributed by atoms with Crippen LogP contribution in [0, 0.1) is 5.92 Å². The summed E-state index contributed by atoms with van der Waals surface area (Å²) in [6.07, 6.45) is 4.80. The Bertz CT molecular complexity index is 156. The summed E-state index contributed by atoms with van der Waals surface area (Å²) >= 11 is 0. The van der Waals surface area contributed by atoms with Crippen LogP contribution in [0.15, 0.2) is 0 Å². The van der Waals surface area contributed by atoms with Crippen molar-refractivity contribution >= 4 is 0 Å². The van der Waals surface area contributed by atoms with Gasteiger partial charge in [0.25, 0.3) is 0 Å². The molecule has 0 amide bonds. The van der Waals surface area contributed by atoms with Gasteiger partial charge in [-0.2, -0.15) is 0 Å². The largest absolute Gasteiger partial charge is 0.396 e. The fourth-order valence-electron chi connectivity index (χ4n) is 2.21. The SMILES string of the molecule is CCCC(CO)CNC1CCN(C)CC1. The minimum absolute atomic E-state index is 0.327. The molecule has 0 aromatic carbocycles. The molecular weight excluding hydrogens is 188 g/mol. The van der Waals surface area contributed by atoms with E-state index in [1.807, 2.05) is 0 Å². The third-order valence-electron chi connectivity index (χ3n) is 3.37. The van der Waals surface area contributed by atoms with E-state index in [1.165, 1.54) is 32.4 Å². The van der Waals surface area contributed by atoms with Crippen LogP contribution in [-0.4, -0.2) is 49.3 Å². The van der Waals surface area contributed by atoms with Gasteiger partial charge < -0.3 is 15.3 Å². The van der Waals surface area contributed by atoms with Crippen molar-refractivity contribution in [2.45, 2.75) is 38.6 Å². The van der Waals surface area contributed by atoms with E-state index in [0.717, 1.165) is 13.0 Å². The van der Waals surface area contributed by atoms with E-state index in [-0.39, 0.29) is 0 Å². The zero-order valence-electron chi connectivity index (χ0n) is 10.2. The second kappa shape index (κ2) is 7.20. The van der Waals surface area contributed by atoms with Gasteiger partial charge in [0.1, 0.15) is 0 Å². The number of aliphatic hydroxyl groups is 1. The first-order chi connectivity index (χ1) is 7.26. The summed E-state index contributed by atoms with van der Waals surface area (Å²) < 4.78 is 0. The Balaban J connectivity index is 2.12. The number of rotatable bonds is 6. The monoisotopic (exact) mass is 214 g/mol. The van der Waals surface area contributed by atoms with E-state index in [9.17, 15) is 5.11 Å². The molecule has 3 heteroatoms. The molecule has 0 bridgehead atoms. The van der Waals surface area contributed by atoms with Crippen LogP contribution in [0.5, 0.6) is 0 Å². The molecule has 1 aliphatic rings. The van der Waals surface area contributed by atoms with Gasteiger partial charge in [0.05, 0.1) is 0 Å². The Morgan fingerprint density at radius 2 is 2.07 bits per heavy atom. The minimum Gasteiger partial charge on any atom is -0.396 e. The summed E-state index contributed by atoms with van der Waals surface area (Å²) in [6, 6.07) is 0.673. The quantitative estimate of drug-likeness (QED) is 0.694. The third-order valence-corrected chi connectivity index (χ3v) is 3.37. The molecule has 15 heavy (non-hydrogen) atoms. The first-order valence-corrected chi connectivity index (χ1v) is 6.29. The molecule has 1 atom stereocenters. The number of likely N-dealkylation sites (tertiary alicyclic amines) is 1. The standard InChI is InChI=1S/C12H26N2O/c1-3-4-11(10-15)9-13-12-5-7-14(2)8-6-12/h11-13,15H,3-10H2,1-2H3. The molecule has 90 valence electrons. The van der Waals surface area contributed by atoms with E-state index >= 15 is 0 Å². The Kier molecular flexibility index (Phi) is 6.22. The molecule has 1 heterocycles. The van der Waals surface area contributed by atoms with Crippen molar-refractivity contribution in [2.24, 2.45) is 5.92 Å². The lowest BCUT2D eigenvalue weighted by Gasteiger charge is -2.30. The normalized spacial score (nSPS) is 21.8. The summed E-state index contributed by atoms with van der Waals surface area (Å²) in [5, 5.41) is 12.8. The summed E-state index contributed by atoms with van der Waals surface area (Å²) in [6.45, 7) is 5.90. The molecule has 0 spiro atoms. The lowest BCUT2D eigenvalue weighted by Crippen LogP contribution is -2.42. The highest BCUT2D eigenvalue weighted by molar-refractivity contribution is 4.76. The molecule has 1 saturated heterocycles. The average molecular weight is 214 g/mol. The highest BCUT2D eigenvalue weighted by Gasteiger charge is 2.17. The van der Waals surface area contributed by atoms with Crippen molar-refractivity contribution < 1.29 is 5.11 Å². The molecule has 0 aromatic rings. The number of aliphatic hydroxyl groups excluding tert-OH is 1. The van der Waals surface area contributed by atoms with E-state index in [0.29, 0.717) is 18.6 Å². The summed E-state index contributed by atoms with van der Waals surface area (Å²) in [4.78, 5) is 2.38. The zero-order chi connectivity index (χ0) is 11.1. The molecular formula is C12H26N2O. The fraction of sp³-hybridized carbons (Fsp3) is 1.00. The van der Waals surface area contributed by atoms with E-state index in [2.05, 4.69) is 24.2 Å². The molecule has 2 N–H and O–H groups in total. The Hall–Kier alpha value is -0.120. The molecule has 0 radical (unpaired) electrons. The maximum atomic E-state index is 9.18. The van der Waals surface area contributed by atoms with Crippen molar-refractivity contribution in [3.8, 4) is 0 Å². The number of hydrogen-bond acceptors (Lipinski definition) is 3. The van der Waals surface area contributed by atoms with Gasteiger partial charge in [-0.25, -0.2) is 0 Å². The molecule has 3 nitrogen and oxygen atoms in total. The van der Waals surface area contributed by atoms with Crippen molar-refractivity contribution in [3.05, 3.63) is 0 Å². The second-order valence-electron chi connectivity index (χ2n) is 4.82. The first-order valence-electron chi connectivity index (χ1n) is 6.29. The highest BCUT2D eigenvalue weighted by atomic mass is 16.3. The van der Waals surface area contributed by atoms with Gasteiger partial charge in [-0.05, 0) is 45.3 Å². The van der Waals surface area contributed by atoms with E-state index in [1.54, 1.807) is 0 Å². The summed E-state index contributed by atoms with van der Waals surface area (Å²) in [5.74, 6) is 0.453.